The van der Waals surface area contributed by atoms with Gasteiger partial charge < -0.3 is 19.5 Å². The first-order valence-electron chi connectivity index (χ1n) is 13.7. The van der Waals surface area contributed by atoms with Crippen LogP contribution in [0.4, 0.5) is 9.80 Å². The third-order valence-electron chi connectivity index (χ3n) is 6.85. The number of carbonyl (C=O) groups excluding carboxylic acids is 4. The molecule has 1 N–H and O–H groups in total. The summed E-state index contributed by atoms with van der Waals surface area (Å²) in [5.41, 5.74) is 2.95. The summed E-state index contributed by atoms with van der Waals surface area (Å²) in [6.07, 6.45) is 5.15. The molecule has 2 aromatic carbocycles. The van der Waals surface area contributed by atoms with Crippen LogP contribution in [0.15, 0.2) is 47.4 Å². The highest BCUT2D eigenvalue weighted by Crippen LogP contribution is 2.40. The molecule has 12 heteroatoms. The van der Waals surface area contributed by atoms with E-state index < -0.39 is 29.6 Å². The van der Waals surface area contributed by atoms with E-state index in [1.807, 2.05) is 36.4 Å². The van der Waals surface area contributed by atoms with Gasteiger partial charge in [0.1, 0.15) is 18.2 Å². The van der Waals surface area contributed by atoms with E-state index in [-0.39, 0.29) is 11.5 Å². The Labute approximate surface area is 271 Å². The van der Waals surface area contributed by atoms with Crippen LogP contribution in [0.25, 0.3) is 6.08 Å². The van der Waals surface area contributed by atoms with Crippen molar-refractivity contribution in [1.29, 1.82) is 0 Å². The van der Waals surface area contributed by atoms with Gasteiger partial charge in [-0.1, -0.05) is 30.3 Å². The first-order chi connectivity index (χ1) is 20.8. The van der Waals surface area contributed by atoms with Gasteiger partial charge in [-0.05, 0) is 102 Å². The SMILES string of the molecule is CCOC(=O)c1c(NC(=O)CN2C(=O)S/C(=C/c3cc(I)c(OCc4ccccc4)c(OC)c3)C2=O)sc2c1CCCC2. The van der Waals surface area contributed by atoms with Crippen LogP contribution in [-0.2, 0) is 33.8 Å². The molecule has 5 rings (SSSR count). The van der Waals surface area contributed by atoms with E-state index in [0.29, 0.717) is 34.2 Å². The van der Waals surface area contributed by atoms with Crippen LogP contribution in [0.2, 0.25) is 0 Å². The lowest BCUT2D eigenvalue weighted by Crippen LogP contribution is -2.36. The van der Waals surface area contributed by atoms with Crippen LogP contribution >= 0.6 is 45.7 Å². The molecule has 2 aliphatic rings. The van der Waals surface area contributed by atoms with Crippen LogP contribution in [0, 0.1) is 3.57 Å². The lowest BCUT2D eigenvalue weighted by molar-refractivity contribution is -0.127. The fraction of sp³-hybridized carbons (Fsp3) is 0.290. The van der Waals surface area contributed by atoms with Crippen molar-refractivity contribution in [3.63, 3.8) is 0 Å². The maximum absolute atomic E-state index is 13.2. The quantitative estimate of drug-likeness (QED) is 0.140. The molecule has 3 aromatic rings. The Morgan fingerprint density at radius 1 is 1.12 bits per heavy atom. The summed E-state index contributed by atoms with van der Waals surface area (Å²) >= 11 is 4.26. The van der Waals surface area contributed by atoms with E-state index in [4.69, 9.17) is 14.2 Å². The number of hydrogen-bond donors (Lipinski definition) is 1. The van der Waals surface area contributed by atoms with Crippen LogP contribution in [0.3, 0.4) is 0 Å². The number of ether oxygens (including phenoxy) is 3. The van der Waals surface area contributed by atoms with Gasteiger partial charge in [0.25, 0.3) is 11.1 Å². The highest BCUT2D eigenvalue weighted by molar-refractivity contribution is 14.1. The maximum Gasteiger partial charge on any atom is 0.341 e. The standard InChI is InChI=1S/C31H29IN2O7S2/c1-3-40-30(37)26-20-11-7-8-12-23(20)42-28(26)33-25(35)16-34-29(36)24(43-31(34)38)15-19-13-21(32)27(22(14-19)39-2)41-17-18-9-5-4-6-10-18/h4-6,9-10,13-15H,3,7-8,11-12,16-17H2,1-2H3,(H,33,35)/b24-15+. The summed E-state index contributed by atoms with van der Waals surface area (Å²) in [6, 6.07) is 13.3. The Morgan fingerprint density at radius 3 is 2.63 bits per heavy atom. The minimum atomic E-state index is -0.570. The first-order valence-corrected chi connectivity index (χ1v) is 16.4. The third kappa shape index (κ3) is 7.07. The van der Waals surface area contributed by atoms with Crippen molar-refractivity contribution < 1.29 is 33.4 Å². The molecule has 1 fully saturated rings. The number of carbonyl (C=O) groups is 4. The number of methoxy groups -OCH3 is 1. The highest BCUT2D eigenvalue weighted by atomic mass is 127. The molecule has 0 saturated carbocycles. The summed E-state index contributed by atoms with van der Waals surface area (Å²) in [6.45, 7) is 1.84. The van der Waals surface area contributed by atoms with Gasteiger partial charge in [0, 0.05) is 4.88 Å². The molecule has 0 bridgehead atoms. The van der Waals surface area contributed by atoms with Gasteiger partial charge in [-0.3, -0.25) is 19.3 Å². The fourth-order valence-corrected chi connectivity index (χ4v) is 7.78. The smallest absolute Gasteiger partial charge is 0.341 e. The minimum absolute atomic E-state index is 0.187. The molecule has 1 saturated heterocycles. The van der Waals surface area contributed by atoms with Crippen LogP contribution in [0.5, 0.6) is 11.5 Å². The summed E-state index contributed by atoms with van der Waals surface area (Å²) in [7, 11) is 1.54. The summed E-state index contributed by atoms with van der Waals surface area (Å²) in [4.78, 5) is 53.9. The third-order valence-corrected chi connectivity index (χ3v) is 9.77. The number of imide groups is 1. The Kier molecular flexibility index (Phi) is 10.1. The zero-order valence-electron chi connectivity index (χ0n) is 23.6. The highest BCUT2D eigenvalue weighted by Gasteiger charge is 2.37. The molecular weight excluding hydrogens is 703 g/mol. The Bertz CT molecular complexity index is 1600. The van der Waals surface area contributed by atoms with Crippen molar-refractivity contribution in [2.24, 2.45) is 0 Å². The Morgan fingerprint density at radius 2 is 1.88 bits per heavy atom. The second kappa shape index (κ2) is 14.0. The molecule has 224 valence electrons. The van der Waals surface area contributed by atoms with Gasteiger partial charge in [0.2, 0.25) is 5.91 Å². The number of nitrogens with one attached hydrogen (secondary N) is 1. The molecule has 1 aliphatic heterocycles. The van der Waals surface area contributed by atoms with Crippen LogP contribution < -0.4 is 14.8 Å². The average Bonchev–Trinajstić information content (AvgIpc) is 3.48. The number of thioether (sulfide) groups is 1. The van der Waals surface area contributed by atoms with Crippen molar-refractivity contribution in [2.45, 2.75) is 39.2 Å². The minimum Gasteiger partial charge on any atom is -0.493 e. The van der Waals surface area contributed by atoms with Crippen molar-refractivity contribution in [1.82, 2.24) is 4.90 Å². The predicted molar refractivity (Wildman–Crippen MR) is 175 cm³/mol. The van der Waals surface area contributed by atoms with Gasteiger partial charge in [0.05, 0.1) is 27.8 Å². The molecule has 0 atom stereocenters. The van der Waals surface area contributed by atoms with Crippen molar-refractivity contribution >= 4 is 79.8 Å². The number of anilines is 1. The molecule has 1 aliphatic carbocycles. The van der Waals surface area contributed by atoms with Gasteiger partial charge in [-0.25, -0.2) is 4.79 Å². The maximum atomic E-state index is 13.2. The summed E-state index contributed by atoms with van der Waals surface area (Å²) < 4.78 is 17.6. The lowest BCUT2D eigenvalue weighted by Gasteiger charge is -2.14. The van der Waals surface area contributed by atoms with Crippen molar-refractivity contribution in [3.8, 4) is 11.5 Å². The Balaban J connectivity index is 1.29. The molecule has 1 aromatic heterocycles. The number of hydrogen-bond acceptors (Lipinski definition) is 9. The number of thiophene rings is 1. The average molecular weight is 733 g/mol. The first kappa shape index (κ1) is 31.1. The molecule has 0 spiro atoms. The predicted octanol–water partition coefficient (Wildman–Crippen LogP) is 6.67. The van der Waals surface area contributed by atoms with Gasteiger partial charge >= 0.3 is 5.97 Å². The van der Waals surface area contributed by atoms with E-state index in [1.165, 1.54) is 18.4 Å². The molecular formula is C31H29IN2O7S2. The number of fused-ring (bicyclic) bond motifs is 1. The van der Waals surface area contributed by atoms with Gasteiger partial charge in [-0.2, -0.15) is 0 Å². The molecule has 2 heterocycles. The second-order valence-corrected chi connectivity index (χ2v) is 13.0. The number of rotatable bonds is 10. The largest absolute Gasteiger partial charge is 0.493 e. The van der Waals surface area contributed by atoms with E-state index in [2.05, 4.69) is 27.9 Å². The van der Waals surface area contributed by atoms with Gasteiger partial charge in [-0.15, -0.1) is 11.3 Å². The van der Waals surface area contributed by atoms with Crippen LogP contribution in [0.1, 0.15) is 51.7 Å². The molecule has 3 amide bonds. The topological polar surface area (TPSA) is 111 Å². The normalized spacial score (nSPS) is 15.4. The Hall–Kier alpha value is -3.36. The fourth-order valence-electron chi connectivity index (χ4n) is 4.86. The van der Waals surface area contributed by atoms with Crippen molar-refractivity contribution in [3.05, 3.63) is 78.1 Å². The monoisotopic (exact) mass is 732 g/mol. The summed E-state index contributed by atoms with van der Waals surface area (Å²) in [5, 5.41) is 2.61. The van der Waals surface area contributed by atoms with E-state index in [1.54, 1.807) is 19.1 Å². The number of aryl methyl sites for hydroxylation is 1. The van der Waals surface area contributed by atoms with Crippen LogP contribution in [-0.4, -0.2) is 48.2 Å². The molecule has 9 nitrogen and oxygen atoms in total. The number of esters is 1. The number of halogens is 1. The number of nitrogens with zero attached hydrogens (tertiary/aromatic N) is 1. The molecule has 43 heavy (non-hydrogen) atoms. The zero-order chi connectivity index (χ0) is 30.5. The lowest BCUT2D eigenvalue weighted by atomic mass is 9.95. The molecule has 0 unspecified atom stereocenters. The van der Waals surface area contributed by atoms with Gasteiger partial charge in [0.15, 0.2) is 11.5 Å². The second-order valence-electron chi connectivity index (χ2n) is 9.76. The molecule has 0 radical (unpaired) electrons. The zero-order valence-corrected chi connectivity index (χ0v) is 27.4. The number of benzene rings is 2. The van der Waals surface area contributed by atoms with E-state index in [9.17, 15) is 19.2 Å². The summed E-state index contributed by atoms with van der Waals surface area (Å²) in [5.74, 6) is -0.550. The van der Waals surface area contributed by atoms with E-state index >= 15 is 0 Å². The van der Waals surface area contributed by atoms with Crippen molar-refractivity contribution in [2.75, 3.05) is 25.6 Å². The number of amides is 3. The van der Waals surface area contributed by atoms with E-state index in [0.717, 1.165) is 61.9 Å².